The summed E-state index contributed by atoms with van der Waals surface area (Å²) in [5, 5.41) is -0.445. The highest BCUT2D eigenvalue weighted by Crippen LogP contribution is 2.08. The topological polar surface area (TPSA) is 72.2 Å². The van der Waals surface area contributed by atoms with Crippen LogP contribution in [0.5, 0.6) is 0 Å². The Balaban J connectivity index is 2.86. The second kappa shape index (κ2) is 6.55. The van der Waals surface area contributed by atoms with E-state index in [1.165, 1.54) is 0 Å². The van der Waals surface area contributed by atoms with E-state index in [0.29, 0.717) is 0 Å². The van der Waals surface area contributed by atoms with Gasteiger partial charge in [-0.15, -0.1) is 0 Å². The first-order chi connectivity index (χ1) is 8.47. The molecule has 0 fully saturated rings. The third kappa shape index (κ3) is 4.15. The summed E-state index contributed by atoms with van der Waals surface area (Å²) in [5.74, 6) is 5.69. The third-order valence-electron chi connectivity index (χ3n) is 2.43. The van der Waals surface area contributed by atoms with Crippen LogP contribution in [0.2, 0.25) is 0 Å². The number of nitrogens with one attached hydrogen (secondary N) is 1. The van der Waals surface area contributed by atoms with Gasteiger partial charge in [-0.3, -0.25) is 0 Å². The molecule has 98 valence electrons. The van der Waals surface area contributed by atoms with E-state index in [1.54, 1.807) is 13.8 Å². The molecule has 0 radical (unpaired) electrons. The quantitative estimate of drug-likeness (QED) is 0.793. The van der Waals surface area contributed by atoms with Crippen LogP contribution in [-0.2, 0) is 16.6 Å². The largest absolute Gasteiger partial charge is 0.320 e. The van der Waals surface area contributed by atoms with Crippen LogP contribution in [0.25, 0.3) is 0 Å². The van der Waals surface area contributed by atoms with Gasteiger partial charge in [0, 0.05) is 12.1 Å². The molecule has 0 spiro atoms. The van der Waals surface area contributed by atoms with Crippen LogP contribution in [0, 0.1) is 11.8 Å². The lowest BCUT2D eigenvalue weighted by molar-refractivity contribution is 0.572. The average molecular weight is 266 g/mol. The fourth-order valence-corrected chi connectivity index (χ4v) is 1.98. The molecule has 1 aromatic rings. The molecule has 0 heterocycles. The number of hydrogen-bond acceptors (Lipinski definition) is 3. The SMILES string of the molecule is CC(C)S(=O)(=O)NCc1ccccc1C#CCN. The van der Waals surface area contributed by atoms with Gasteiger partial charge >= 0.3 is 0 Å². The Bertz CT molecular complexity index is 554. The van der Waals surface area contributed by atoms with Crippen molar-refractivity contribution in [2.45, 2.75) is 25.6 Å². The molecule has 5 heteroatoms. The summed E-state index contributed by atoms with van der Waals surface area (Å²) < 4.78 is 25.9. The van der Waals surface area contributed by atoms with E-state index in [2.05, 4.69) is 16.6 Å². The lowest BCUT2D eigenvalue weighted by Crippen LogP contribution is -2.30. The van der Waals surface area contributed by atoms with Gasteiger partial charge in [-0.1, -0.05) is 30.0 Å². The van der Waals surface area contributed by atoms with Crippen LogP contribution in [0.3, 0.4) is 0 Å². The van der Waals surface area contributed by atoms with Crippen molar-refractivity contribution in [1.82, 2.24) is 4.72 Å². The summed E-state index contributed by atoms with van der Waals surface area (Å²) in [7, 11) is -3.26. The van der Waals surface area contributed by atoms with Gasteiger partial charge in [0.1, 0.15) is 0 Å². The van der Waals surface area contributed by atoms with E-state index >= 15 is 0 Å². The highest BCUT2D eigenvalue weighted by molar-refractivity contribution is 7.90. The zero-order valence-electron chi connectivity index (χ0n) is 10.6. The molecular weight excluding hydrogens is 248 g/mol. The Labute approximate surface area is 109 Å². The van der Waals surface area contributed by atoms with Gasteiger partial charge in [0.05, 0.1) is 11.8 Å². The van der Waals surface area contributed by atoms with E-state index in [1.807, 2.05) is 24.3 Å². The maximum atomic E-state index is 11.7. The first-order valence-corrected chi connectivity index (χ1v) is 7.27. The van der Waals surface area contributed by atoms with Gasteiger partial charge in [0.2, 0.25) is 10.0 Å². The summed E-state index contributed by atoms with van der Waals surface area (Å²) in [4.78, 5) is 0. The van der Waals surface area contributed by atoms with Crippen molar-refractivity contribution in [1.29, 1.82) is 0 Å². The van der Waals surface area contributed by atoms with Gasteiger partial charge in [0.25, 0.3) is 0 Å². The van der Waals surface area contributed by atoms with Gasteiger partial charge < -0.3 is 5.73 Å². The molecule has 0 bridgehead atoms. The van der Waals surface area contributed by atoms with Crippen molar-refractivity contribution in [2.75, 3.05) is 6.54 Å². The summed E-state index contributed by atoms with van der Waals surface area (Å²) in [6, 6.07) is 7.42. The van der Waals surface area contributed by atoms with Crippen LogP contribution >= 0.6 is 0 Å². The maximum absolute atomic E-state index is 11.7. The van der Waals surface area contributed by atoms with Gasteiger partial charge in [-0.05, 0) is 25.5 Å². The number of rotatable bonds is 4. The fourth-order valence-electron chi connectivity index (χ4n) is 1.29. The normalized spacial score (nSPS) is 11.1. The molecule has 1 aromatic carbocycles. The number of benzene rings is 1. The molecule has 18 heavy (non-hydrogen) atoms. The summed E-state index contributed by atoms with van der Waals surface area (Å²) >= 11 is 0. The highest BCUT2D eigenvalue weighted by atomic mass is 32.2. The van der Waals surface area contributed by atoms with E-state index in [4.69, 9.17) is 5.73 Å². The van der Waals surface area contributed by atoms with E-state index in [9.17, 15) is 8.42 Å². The predicted octanol–water partition coefficient (Wildman–Crippen LogP) is 0.825. The van der Waals surface area contributed by atoms with E-state index in [-0.39, 0.29) is 13.1 Å². The van der Waals surface area contributed by atoms with Crippen molar-refractivity contribution in [2.24, 2.45) is 5.73 Å². The van der Waals surface area contributed by atoms with Crippen LogP contribution in [-0.4, -0.2) is 20.2 Å². The lowest BCUT2D eigenvalue weighted by Gasteiger charge is -2.10. The zero-order chi connectivity index (χ0) is 13.6. The van der Waals surface area contributed by atoms with Crippen molar-refractivity contribution >= 4 is 10.0 Å². The molecule has 0 saturated heterocycles. The molecule has 0 saturated carbocycles. The second-order valence-corrected chi connectivity index (χ2v) is 6.40. The Morgan fingerprint density at radius 2 is 2.00 bits per heavy atom. The summed E-state index contributed by atoms with van der Waals surface area (Å²) in [5.41, 5.74) is 6.97. The summed E-state index contributed by atoms with van der Waals surface area (Å²) in [6.45, 7) is 3.81. The third-order valence-corrected chi connectivity index (χ3v) is 4.21. The van der Waals surface area contributed by atoms with Crippen LogP contribution in [0.4, 0.5) is 0 Å². The molecule has 0 aliphatic heterocycles. The van der Waals surface area contributed by atoms with Crippen LogP contribution < -0.4 is 10.5 Å². The minimum atomic E-state index is -3.26. The lowest BCUT2D eigenvalue weighted by atomic mass is 10.1. The maximum Gasteiger partial charge on any atom is 0.214 e. The van der Waals surface area contributed by atoms with Crippen molar-refractivity contribution in [3.05, 3.63) is 35.4 Å². The molecule has 0 unspecified atom stereocenters. The number of sulfonamides is 1. The molecular formula is C13H18N2O2S. The highest BCUT2D eigenvalue weighted by Gasteiger charge is 2.15. The molecule has 0 aliphatic carbocycles. The van der Waals surface area contributed by atoms with Gasteiger partial charge in [-0.2, -0.15) is 0 Å². The predicted molar refractivity (Wildman–Crippen MR) is 73.3 cm³/mol. The monoisotopic (exact) mass is 266 g/mol. The second-order valence-electron chi connectivity index (χ2n) is 4.08. The average Bonchev–Trinajstić information content (AvgIpc) is 2.34. The van der Waals surface area contributed by atoms with Gasteiger partial charge in [-0.25, -0.2) is 13.1 Å². The Morgan fingerprint density at radius 1 is 1.33 bits per heavy atom. The van der Waals surface area contributed by atoms with Crippen LogP contribution in [0.15, 0.2) is 24.3 Å². The minimum Gasteiger partial charge on any atom is -0.320 e. The van der Waals surface area contributed by atoms with Crippen molar-refractivity contribution in [3.8, 4) is 11.8 Å². The molecule has 0 aromatic heterocycles. The fraction of sp³-hybridized carbons (Fsp3) is 0.385. The van der Waals surface area contributed by atoms with E-state index < -0.39 is 15.3 Å². The smallest absolute Gasteiger partial charge is 0.214 e. The standard InChI is InChI=1S/C13H18N2O2S/c1-11(2)18(16,17)15-10-13-7-4-3-6-12(13)8-5-9-14/h3-4,6-7,11,15H,9-10,14H2,1-2H3. The first kappa shape index (κ1) is 14.7. The molecule has 3 N–H and O–H groups in total. The van der Waals surface area contributed by atoms with E-state index in [0.717, 1.165) is 11.1 Å². The molecule has 1 rings (SSSR count). The van der Waals surface area contributed by atoms with Crippen molar-refractivity contribution < 1.29 is 8.42 Å². The van der Waals surface area contributed by atoms with Crippen LogP contribution in [0.1, 0.15) is 25.0 Å². The Kier molecular flexibility index (Phi) is 5.35. The summed E-state index contributed by atoms with van der Waals surface area (Å²) in [6.07, 6.45) is 0. The minimum absolute atomic E-state index is 0.246. The number of hydrogen-bond donors (Lipinski definition) is 2. The van der Waals surface area contributed by atoms with Gasteiger partial charge in [0.15, 0.2) is 0 Å². The Morgan fingerprint density at radius 3 is 2.61 bits per heavy atom. The Hall–Kier alpha value is -1.35. The van der Waals surface area contributed by atoms with Crippen molar-refractivity contribution in [3.63, 3.8) is 0 Å². The molecule has 0 amide bonds. The first-order valence-electron chi connectivity index (χ1n) is 5.72. The molecule has 0 atom stereocenters. The molecule has 4 nitrogen and oxygen atoms in total. The number of nitrogens with two attached hydrogens (primary N) is 1. The zero-order valence-corrected chi connectivity index (χ0v) is 11.4. The molecule has 0 aliphatic rings.